The van der Waals surface area contributed by atoms with Gasteiger partial charge in [-0.05, 0) is 30.2 Å². The van der Waals surface area contributed by atoms with E-state index in [0.717, 1.165) is 6.92 Å². The Kier molecular flexibility index (Phi) is 3.79. The maximum atomic E-state index is 12.8. The zero-order valence-electron chi connectivity index (χ0n) is 9.93. The summed E-state index contributed by atoms with van der Waals surface area (Å²) in [6, 6.07) is 1.21. The van der Waals surface area contributed by atoms with Crippen LogP contribution in [0.15, 0.2) is 18.2 Å². The molecule has 0 aliphatic rings. The minimum Gasteiger partial charge on any atom is -0.479 e. The molecule has 3 nitrogen and oxygen atoms in total. The second-order valence-electron chi connectivity index (χ2n) is 4.14. The van der Waals surface area contributed by atoms with Gasteiger partial charge in [-0.3, -0.25) is 0 Å². The van der Waals surface area contributed by atoms with Crippen LogP contribution in [0.5, 0.6) is 0 Å². The SMILES string of the molecule is Cc1cc(C(F)(F)F)ccc1C(N)(C(=O)O)C(F)(F)F. The van der Waals surface area contributed by atoms with Crippen LogP contribution in [0.25, 0.3) is 0 Å². The van der Waals surface area contributed by atoms with Crippen LogP contribution in [0.1, 0.15) is 16.7 Å². The Hall–Kier alpha value is -1.77. The molecule has 1 unspecified atom stereocenters. The third-order valence-electron chi connectivity index (χ3n) is 2.76. The molecule has 0 amide bonds. The Morgan fingerprint density at radius 1 is 1.15 bits per heavy atom. The maximum absolute atomic E-state index is 12.8. The number of carbonyl (C=O) groups is 1. The van der Waals surface area contributed by atoms with Gasteiger partial charge in [0.2, 0.25) is 5.54 Å². The fourth-order valence-electron chi connectivity index (χ4n) is 1.67. The summed E-state index contributed by atoms with van der Waals surface area (Å²) in [5, 5.41) is 8.71. The number of nitrogens with two attached hydrogens (primary N) is 1. The third kappa shape index (κ3) is 2.58. The minimum absolute atomic E-state index is 0.360. The number of aliphatic carboxylic acids is 1. The molecule has 0 radical (unpaired) electrons. The van der Waals surface area contributed by atoms with Crippen LogP contribution in [0.4, 0.5) is 26.3 Å². The maximum Gasteiger partial charge on any atom is 0.421 e. The Labute approximate surface area is 109 Å². The number of rotatable bonds is 2. The van der Waals surface area contributed by atoms with Crippen molar-refractivity contribution in [1.29, 1.82) is 0 Å². The molecule has 0 heterocycles. The van der Waals surface area contributed by atoms with Crippen LogP contribution < -0.4 is 5.73 Å². The number of carboxylic acid groups (broad SMARTS) is 1. The molecule has 9 heteroatoms. The number of carboxylic acids is 1. The van der Waals surface area contributed by atoms with Crippen LogP contribution >= 0.6 is 0 Å². The normalized spacial score (nSPS) is 15.8. The van der Waals surface area contributed by atoms with E-state index in [9.17, 15) is 31.1 Å². The number of hydrogen-bond donors (Lipinski definition) is 2. The Morgan fingerprint density at radius 2 is 1.65 bits per heavy atom. The largest absolute Gasteiger partial charge is 0.479 e. The Balaban J connectivity index is 3.50. The zero-order valence-corrected chi connectivity index (χ0v) is 9.93. The van der Waals surface area contributed by atoms with E-state index in [1.807, 2.05) is 0 Å². The molecule has 112 valence electrons. The predicted molar refractivity (Wildman–Crippen MR) is 55.7 cm³/mol. The molecule has 1 aromatic carbocycles. The third-order valence-corrected chi connectivity index (χ3v) is 2.76. The molecular weight excluding hydrogens is 292 g/mol. The van der Waals surface area contributed by atoms with Crippen molar-refractivity contribution in [1.82, 2.24) is 0 Å². The molecule has 0 aliphatic heterocycles. The summed E-state index contributed by atoms with van der Waals surface area (Å²) in [5.41, 5.74) is -1.51. The van der Waals surface area contributed by atoms with Crippen molar-refractivity contribution in [3.8, 4) is 0 Å². The second kappa shape index (κ2) is 4.65. The summed E-state index contributed by atoms with van der Waals surface area (Å²) in [4.78, 5) is 10.8. The van der Waals surface area contributed by atoms with Gasteiger partial charge < -0.3 is 10.8 Å². The van der Waals surface area contributed by atoms with Gasteiger partial charge in [0.1, 0.15) is 0 Å². The van der Waals surface area contributed by atoms with Gasteiger partial charge >= 0.3 is 18.3 Å². The van der Waals surface area contributed by atoms with Crippen molar-refractivity contribution in [2.24, 2.45) is 5.73 Å². The summed E-state index contributed by atoms with van der Waals surface area (Å²) in [6.07, 6.45) is -10.1. The first-order valence-corrected chi connectivity index (χ1v) is 5.09. The molecule has 3 N–H and O–H groups in total. The fourth-order valence-corrected chi connectivity index (χ4v) is 1.67. The van der Waals surface area contributed by atoms with Crippen molar-refractivity contribution in [2.75, 3.05) is 0 Å². The van der Waals surface area contributed by atoms with Crippen molar-refractivity contribution in [3.63, 3.8) is 0 Å². The van der Waals surface area contributed by atoms with E-state index in [1.165, 1.54) is 0 Å². The van der Waals surface area contributed by atoms with E-state index in [4.69, 9.17) is 10.8 Å². The van der Waals surface area contributed by atoms with Crippen LogP contribution in [0.3, 0.4) is 0 Å². The quantitative estimate of drug-likeness (QED) is 0.826. The average molecular weight is 301 g/mol. The molecule has 20 heavy (non-hydrogen) atoms. The van der Waals surface area contributed by atoms with Crippen LogP contribution in [0, 0.1) is 6.92 Å². The minimum atomic E-state index is -5.36. The van der Waals surface area contributed by atoms with Gasteiger partial charge in [-0.15, -0.1) is 0 Å². The highest BCUT2D eigenvalue weighted by Gasteiger charge is 2.60. The summed E-state index contributed by atoms with van der Waals surface area (Å²) >= 11 is 0. The first kappa shape index (κ1) is 16.3. The number of alkyl halides is 6. The van der Waals surface area contributed by atoms with Crippen molar-refractivity contribution in [3.05, 3.63) is 34.9 Å². The van der Waals surface area contributed by atoms with Gasteiger partial charge in [0.25, 0.3) is 0 Å². The van der Waals surface area contributed by atoms with E-state index >= 15 is 0 Å². The highest BCUT2D eigenvalue weighted by molar-refractivity contribution is 5.82. The smallest absolute Gasteiger partial charge is 0.421 e. The lowest BCUT2D eigenvalue weighted by Gasteiger charge is -2.29. The van der Waals surface area contributed by atoms with Gasteiger partial charge in [0.15, 0.2) is 0 Å². The molecule has 0 aliphatic carbocycles. The molecule has 1 aromatic rings. The van der Waals surface area contributed by atoms with E-state index < -0.39 is 40.6 Å². The molecule has 0 saturated heterocycles. The van der Waals surface area contributed by atoms with Crippen molar-refractivity contribution < 1.29 is 36.2 Å². The standard InChI is InChI=1S/C11H9F6NO2/c1-5-4-6(10(12,13)14)2-3-7(5)9(18,8(19)20)11(15,16)17/h2-4H,18H2,1H3,(H,19,20). The summed E-state index contributed by atoms with van der Waals surface area (Å²) in [7, 11) is 0. The number of aryl methyl sites for hydroxylation is 1. The predicted octanol–water partition coefficient (Wildman–Crippen LogP) is 2.81. The zero-order chi connectivity index (χ0) is 15.9. The fraction of sp³-hybridized carbons (Fsp3) is 0.364. The molecule has 1 atom stereocenters. The lowest BCUT2D eigenvalue weighted by atomic mass is 9.86. The number of benzene rings is 1. The van der Waals surface area contributed by atoms with Gasteiger partial charge in [0.05, 0.1) is 5.56 Å². The highest BCUT2D eigenvalue weighted by Crippen LogP contribution is 2.40. The lowest BCUT2D eigenvalue weighted by Crippen LogP contribution is -2.57. The van der Waals surface area contributed by atoms with Crippen molar-refractivity contribution in [2.45, 2.75) is 24.8 Å². The molecular formula is C11H9F6NO2. The van der Waals surface area contributed by atoms with Gasteiger partial charge in [-0.1, -0.05) is 6.07 Å². The summed E-state index contributed by atoms with van der Waals surface area (Å²) in [6.45, 7) is 0.931. The topological polar surface area (TPSA) is 63.3 Å². The molecule has 0 saturated carbocycles. The second-order valence-corrected chi connectivity index (χ2v) is 4.14. The molecule has 0 aromatic heterocycles. The van der Waals surface area contributed by atoms with E-state index in [1.54, 1.807) is 0 Å². The van der Waals surface area contributed by atoms with Crippen LogP contribution in [-0.2, 0) is 16.5 Å². The van der Waals surface area contributed by atoms with Gasteiger partial charge in [0, 0.05) is 0 Å². The van der Waals surface area contributed by atoms with E-state index in [-0.39, 0.29) is 0 Å². The number of hydrogen-bond acceptors (Lipinski definition) is 2. The van der Waals surface area contributed by atoms with E-state index in [0.29, 0.717) is 18.2 Å². The van der Waals surface area contributed by atoms with Gasteiger partial charge in [-0.25, -0.2) is 4.79 Å². The highest BCUT2D eigenvalue weighted by atomic mass is 19.4. The first-order chi connectivity index (χ1) is 8.81. The summed E-state index contributed by atoms with van der Waals surface area (Å²) < 4.78 is 75.7. The van der Waals surface area contributed by atoms with Gasteiger partial charge in [-0.2, -0.15) is 26.3 Å². The van der Waals surface area contributed by atoms with Crippen LogP contribution in [-0.4, -0.2) is 17.3 Å². The summed E-state index contributed by atoms with van der Waals surface area (Å²) in [5.74, 6) is -2.40. The molecule has 0 fully saturated rings. The Morgan fingerprint density at radius 3 is 1.95 bits per heavy atom. The van der Waals surface area contributed by atoms with Crippen LogP contribution in [0.2, 0.25) is 0 Å². The number of halogens is 6. The average Bonchev–Trinajstić information content (AvgIpc) is 2.24. The molecule has 1 rings (SSSR count). The lowest BCUT2D eigenvalue weighted by molar-refractivity contribution is -0.204. The first-order valence-electron chi connectivity index (χ1n) is 5.09. The molecule has 0 bridgehead atoms. The molecule has 0 spiro atoms. The Bertz CT molecular complexity index is 537. The van der Waals surface area contributed by atoms with Crippen molar-refractivity contribution >= 4 is 5.97 Å². The van der Waals surface area contributed by atoms with E-state index in [2.05, 4.69) is 0 Å². The monoisotopic (exact) mass is 301 g/mol.